The van der Waals surface area contributed by atoms with Gasteiger partial charge in [0.05, 0.1) is 6.04 Å². The Morgan fingerprint density at radius 1 is 1.19 bits per heavy atom. The number of amides is 2. The third-order valence-electron chi connectivity index (χ3n) is 4.41. The summed E-state index contributed by atoms with van der Waals surface area (Å²) in [7, 11) is 3.57. The monoisotopic (exact) mass is 296 g/mol. The van der Waals surface area contributed by atoms with Crippen molar-refractivity contribution < 1.29 is 9.59 Å². The molecule has 0 aromatic carbocycles. The van der Waals surface area contributed by atoms with Crippen LogP contribution in [-0.4, -0.2) is 85.9 Å². The number of nitrogens with zero attached hydrogens (tertiary/aromatic N) is 3. The minimum atomic E-state index is 0.0394. The molecule has 2 fully saturated rings. The van der Waals surface area contributed by atoms with E-state index in [0.29, 0.717) is 6.42 Å². The van der Waals surface area contributed by atoms with Gasteiger partial charge in [0.25, 0.3) is 0 Å². The first-order valence-electron chi connectivity index (χ1n) is 8.03. The summed E-state index contributed by atoms with van der Waals surface area (Å²) in [5.74, 6) is 0.451. The highest BCUT2D eigenvalue weighted by molar-refractivity contribution is 5.82. The second-order valence-electron chi connectivity index (χ2n) is 6.16. The van der Waals surface area contributed by atoms with Gasteiger partial charge < -0.3 is 15.1 Å². The zero-order valence-corrected chi connectivity index (χ0v) is 13.3. The molecule has 1 atom stereocenters. The van der Waals surface area contributed by atoms with Crippen LogP contribution in [0.2, 0.25) is 0 Å². The van der Waals surface area contributed by atoms with Gasteiger partial charge in [0.1, 0.15) is 0 Å². The Morgan fingerprint density at radius 3 is 2.57 bits per heavy atom. The smallest absolute Gasteiger partial charge is 0.240 e. The molecule has 2 amide bonds. The van der Waals surface area contributed by atoms with Crippen molar-refractivity contribution >= 4 is 11.8 Å². The zero-order chi connectivity index (χ0) is 15.2. The summed E-state index contributed by atoms with van der Waals surface area (Å²) in [5, 5.41) is 3.28. The van der Waals surface area contributed by atoms with Crippen LogP contribution in [0.4, 0.5) is 0 Å². The number of hydrogen-bond donors (Lipinski definition) is 1. The van der Waals surface area contributed by atoms with Crippen molar-refractivity contribution in [2.45, 2.75) is 31.7 Å². The molecule has 1 N–H and O–H groups in total. The molecular formula is C15H28N4O2. The van der Waals surface area contributed by atoms with Crippen LogP contribution < -0.4 is 5.32 Å². The largest absolute Gasteiger partial charge is 0.349 e. The summed E-state index contributed by atoms with van der Waals surface area (Å²) in [6.07, 6.45) is 3.45. The van der Waals surface area contributed by atoms with Crippen LogP contribution in [-0.2, 0) is 9.59 Å². The fourth-order valence-corrected chi connectivity index (χ4v) is 3.13. The molecule has 2 aliphatic rings. The first kappa shape index (κ1) is 16.2. The molecule has 21 heavy (non-hydrogen) atoms. The number of piperazine rings is 1. The molecule has 1 unspecified atom stereocenters. The summed E-state index contributed by atoms with van der Waals surface area (Å²) < 4.78 is 0. The normalized spacial score (nSPS) is 23.3. The third kappa shape index (κ3) is 4.41. The summed E-state index contributed by atoms with van der Waals surface area (Å²) >= 11 is 0. The Balaban J connectivity index is 1.79. The van der Waals surface area contributed by atoms with E-state index in [9.17, 15) is 9.59 Å². The van der Waals surface area contributed by atoms with E-state index in [1.807, 2.05) is 4.90 Å². The molecule has 6 nitrogen and oxygen atoms in total. The maximum atomic E-state index is 12.6. The van der Waals surface area contributed by atoms with E-state index in [4.69, 9.17) is 0 Å². The molecule has 2 aliphatic heterocycles. The number of carbonyl (C=O) groups excluding carboxylic acids is 2. The highest BCUT2D eigenvalue weighted by Gasteiger charge is 2.33. The lowest BCUT2D eigenvalue weighted by Gasteiger charge is -2.33. The molecule has 0 aromatic heterocycles. The van der Waals surface area contributed by atoms with E-state index in [1.165, 1.54) is 0 Å². The first-order chi connectivity index (χ1) is 10.1. The standard InChI is InChI=1S/C15H28N4O2/c1-17(2)14(20)6-4-10-18-9-3-5-13(18)15(21)19-11-7-16-8-12-19/h13,16H,3-12H2,1-2H3. The van der Waals surface area contributed by atoms with Crippen molar-refractivity contribution in [3.05, 3.63) is 0 Å². The van der Waals surface area contributed by atoms with E-state index < -0.39 is 0 Å². The number of hydrogen-bond acceptors (Lipinski definition) is 4. The molecule has 2 saturated heterocycles. The number of rotatable bonds is 5. The van der Waals surface area contributed by atoms with Gasteiger partial charge in [-0.3, -0.25) is 14.5 Å². The predicted molar refractivity (Wildman–Crippen MR) is 82.0 cm³/mol. The van der Waals surface area contributed by atoms with Crippen LogP contribution in [0.15, 0.2) is 0 Å². The SMILES string of the molecule is CN(C)C(=O)CCCN1CCCC1C(=O)N1CCNCC1. The van der Waals surface area contributed by atoms with Gasteiger partial charge in [-0.25, -0.2) is 0 Å². The van der Waals surface area contributed by atoms with Gasteiger partial charge >= 0.3 is 0 Å². The summed E-state index contributed by atoms with van der Waals surface area (Å²) in [5.41, 5.74) is 0. The average Bonchev–Trinajstić information content (AvgIpc) is 2.95. The van der Waals surface area contributed by atoms with Crippen LogP contribution in [0.3, 0.4) is 0 Å². The molecule has 0 aliphatic carbocycles. The molecule has 0 saturated carbocycles. The topological polar surface area (TPSA) is 55.9 Å². The molecule has 0 aromatic rings. The number of nitrogens with one attached hydrogen (secondary N) is 1. The number of carbonyl (C=O) groups is 2. The third-order valence-corrected chi connectivity index (χ3v) is 4.41. The Bertz CT molecular complexity index is 367. The Morgan fingerprint density at radius 2 is 1.90 bits per heavy atom. The van der Waals surface area contributed by atoms with Crippen LogP contribution in [0.1, 0.15) is 25.7 Å². The van der Waals surface area contributed by atoms with Crippen LogP contribution >= 0.6 is 0 Å². The van der Waals surface area contributed by atoms with E-state index in [0.717, 1.165) is 58.5 Å². The summed E-state index contributed by atoms with van der Waals surface area (Å²) in [4.78, 5) is 30.1. The lowest BCUT2D eigenvalue weighted by Crippen LogP contribution is -2.52. The van der Waals surface area contributed by atoms with Crippen molar-refractivity contribution in [2.24, 2.45) is 0 Å². The van der Waals surface area contributed by atoms with E-state index in [1.54, 1.807) is 19.0 Å². The average molecular weight is 296 g/mol. The predicted octanol–water partition coefficient (Wildman–Crippen LogP) is -0.249. The highest BCUT2D eigenvalue weighted by Crippen LogP contribution is 2.20. The molecule has 0 bridgehead atoms. The highest BCUT2D eigenvalue weighted by atomic mass is 16.2. The van der Waals surface area contributed by atoms with Crippen LogP contribution in [0.5, 0.6) is 0 Å². The Kier molecular flexibility index (Phi) is 5.99. The molecule has 0 spiro atoms. The minimum Gasteiger partial charge on any atom is -0.349 e. The maximum Gasteiger partial charge on any atom is 0.240 e. The first-order valence-corrected chi connectivity index (χ1v) is 8.03. The second kappa shape index (κ2) is 7.75. The van der Waals surface area contributed by atoms with E-state index >= 15 is 0 Å². The molecule has 0 radical (unpaired) electrons. The lowest BCUT2D eigenvalue weighted by molar-refractivity contribution is -0.136. The molecular weight excluding hydrogens is 268 g/mol. The van der Waals surface area contributed by atoms with Crippen molar-refractivity contribution in [1.82, 2.24) is 20.0 Å². The molecule has 120 valence electrons. The van der Waals surface area contributed by atoms with E-state index in [-0.39, 0.29) is 17.9 Å². The van der Waals surface area contributed by atoms with Crippen molar-refractivity contribution in [3.8, 4) is 0 Å². The quantitative estimate of drug-likeness (QED) is 0.760. The summed E-state index contributed by atoms with van der Waals surface area (Å²) in [6.45, 7) is 5.27. The van der Waals surface area contributed by atoms with Gasteiger partial charge in [0.2, 0.25) is 11.8 Å². The molecule has 2 heterocycles. The van der Waals surface area contributed by atoms with Gasteiger partial charge in [-0.05, 0) is 32.4 Å². The van der Waals surface area contributed by atoms with Gasteiger partial charge in [-0.2, -0.15) is 0 Å². The molecule has 6 heteroatoms. The minimum absolute atomic E-state index is 0.0394. The van der Waals surface area contributed by atoms with Gasteiger partial charge in [-0.15, -0.1) is 0 Å². The second-order valence-corrected chi connectivity index (χ2v) is 6.16. The van der Waals surface area contributed by atoms with Gasteiger partial charge in [-0.1, -0.05) is 0 Å². The van der Waals surface area contributed by atoms with Crippen LogP contribution in [0.25, 0.3) is 0 Å². The fraction of sp³-hybridized carbons (Fsp3) is 0.867. The molecule has 2 rings (SSSR count). The van der Waals surface area contributed by atoms with Crippen LogP contribution in [0, 0.1) is 0 Å². The van der Waals surface area contributed by atoms with Crippen molar-refractivity contribution in [1.29, 1.82) is 0 Å². The van der Waals surface area contributed by atoms with Crippen molar-refractivity contribution in [2.75, 3.05) is 53.4 Å². The van der Waals surface area contributed by atoms with E-state index in [2.05, 4.69) is 10.2 Å². The van der Waals surface area contributed by atoms with Gasteiger partial charge in [0.15, 0.2) is 0 Å². The fourth-order valence-electron chi connectivity index (χ4n) is 3.13. The lowest BCUT2D eigenvalue weighted by atomic mass is 10.1. The Hall–Kier alpha value is -1.14. The summed E-state index contributed by atoms with van der Waals surface area (Å²) in [6, 6.07) is 0.0394. The van der Waals surface area contributed by atoms with Crippen molar-refractivity contribution in [3.63, 3.8) is 0 Å². The Labute approximate surface area is 127 Å². The van der Waals surface area contributed by atoms with Gasteiger partial charge in [0, 0.05) is 46.7 Å². The zero-order valence-electron chi connectivity index (χ0n) is 13.3. The maximum absolute atomic E-state index is 12.6. The number of likely N-dealkylation sites (tertiary alicyclic amines) is 1.